The number of nitrogens with zero attached hydrogens (tertiary/aromatic N) is 2. The van der Waals surface area contributed by atoms with Crippen molar-refractivity contribution in [2.75, 3.05) is 31.5 Å². The largest absolute Gasteiger partial charge is 0.454 e. The predicted octanol–water partition coefficient (Wildman–Crippen LogP) is 3.61. The van der Waals surface area contributed by atoms with Crippen LogP contribution in [0.25, 0.3) is 0 Å². The van der Waals surface area contributed by atoms with Gasteiger partial charge in [-0.25, -0.2) is 0 Å². The quantitative estimate of drug-likeness (QED) is 0.750. The number of hydrogen-bond donors (Lipinski definition) is 2. The van der Waals surface area contributed by atoms with Crippen LogP contribution in [0.2, 0.25) is 0 Å². The first-order chi connectivity index (χ1) is 16.0. The van der Waals surface area contributed by atoms with Crippen molar-refractivity contribution in [1.82, 2.24) is 15.1 Å². The maximum Gasteiger partial charge on any atom is 0.289 e. The number of fused-ring (bicyclic) bond motifs is 3. The zero-order valence-corrected chi connectivity index (χ0v) is 19.2. The molecule has 0 unspecified atom stereocenters. The Morgan fingerprint density at radius 2 is 1.97 bits per heavy atom. The number of carbonyl (C=O) groups is 2. The molecule has 2 amide bonds. The zero-order chi connectivity index (χ0) is 22.6. The van der Waals surface area contributed by atoms with Crippen LogP contribution in [0.5, 0.6) is 0 Å². The van der Waals surface area contributed by atoms with Crippen molar-refractivity contribution >= 4 is 17.5 Å². The topological polar surface area (TPSA) is 77.8 Å². The molecule has 3 fully saturated rings. The molecule has 3 atom stereocenters. The SMILES string of the molecule is Cc1cc(CN2CCCCC2)oc1C(=O)N1C[C@H]2CC[C@]3(NC(=O)c4ccccc4N3)[C@H]2C1. The van der Waals surface area contributed by atoms with Gasteiger partial charge in [0.15, 0.2) is 5.76 Å². The van der Waals surface area contributed by atoms with E-state index in [9.17, 15) is 9.59 Å². The second-order valence-corrected chi connectivity index (χ2v) is 10.3. The molecule has 4 heterocycles. The lowest BCUT2D eigenvalue weighted by Crippen LogP contribution is -2.61. The molecule has 174 valence electrons. The second-order valence-electron chi connectivity index (χ2n) is 10.3. The molecular formula is C26H32N4O3. The summed E-state index contributed by atoms with van der Waals surface area (Å²) in [6.45, 7) is 6.28. The van der Waals surface area contributed by atoms with Crippen molar-refractivity contribution in [3.05, 3.63) is 53.0 Å². The minimum absolute atomic E-state index is 0.0236. The molecule has 1 aliphatic carbocycles. The molecule has 7 nitrogen and oxygen atoms in total. The van der Waals surface area contributed by atoms with Crippen LogP contribution in [0.4, 0.5) is 5.69 Å². The Bertz CT molecular complexity index is 1090. The molecule has 1 aromatic heterocycles. The number of aryl methyl sites for hydroxylation is 1. The zero-order valence-electron chi connectivity index (χ0n) is 19.2. The van der Waals surface area contributed by atoms with Crippen LogP contribution in [-0.4, -0.2) is 53.5 Å². The van der Waals surface area contributed by atoms with Gasteiger partial charge in [-0.3, -0.25) is 14.5 Å². The molecule has 7 heteroatoms. The van der Waals surface area contributed by atoms with Crippen LogP contribution in [0.15, 0.2) is 34.7 Å². The Morgan fingerprint density at radius 3 is 2.82 bits per heavy atom. The molecule has 1 aromatic carbocycles. The second kappa shape index (κ2) is 7.90. The number of likely N-dealkylation sites (tertiary alicyclic amines) is 2. The van der Waals surface area contributed by atoms with Gasteiger partial charge in [-0.15, -0.1) is 0 Å². The number of amides is 2. The summed E-state index contributed by atoms with van der Waals surface area (Å²) >= 11 is 0. The summed E-state index contributed by atoms with van der Waals surface area (Å²) in [5.74, 6) is 1.86. The Labute approximate surface area is 194 Å². The number of rotatable bonds is 3. The number of benzene rings is 1. The number of furan rings is 1. The minimum atomic E-state index is -0.483. The summed E-state index contributed by atoms with van der Waals surface area (Å²) in [4.78, 5) is 30.6. The summed E-state index contributed by atoms with van der Waals surface area (Å²) in [5.41, 5.74) is 2.00. The summed E-state index contributed by atoms with van der Waals surface area (Å²) in [6, 6.07) is 9.69. The van der Waals surface area contributed by atoms with Crippen molar-refractivity contribution in [3.63, 3.8) is 0 Å². The van der Waals surface area contributed by atoms with Crippen molar-refractivity contribution < 1.29 is 14.0 Å². The van der Waals surface area contributed by atoms with E-state index in [1.165, 1.54) is 19.3 Å². The predicted molar refractivity (Wildman–Crippen MR) is 125 cm³/mol. The van der Waals surface area contributed by atoms with E-state index in [0.29, 0.717) is 30.3 Å². The Hall–Kier alpha value is -2.80. The Morgan fingerprint density at radius 1 is 1.15 bits per heavy atom. The van der Waals surface area contributed by atoms with Crippen LogP contribution in [-0.2, 0) is 6.54 Å². The van der Waals surface area contributed by atoms with Crippen molar-refractivity contribution in [2.24, 2.45) is 11.8 Å². The fourth-order valence-corrected chi connectivity index (χ4v) is 6.45. The van der Waals surface area contributed by atoms with Gasteiger partial charge in [0, 0.05) is 30.3 Å². The van der Waals surface area contributed by atoms with Gasteiger partial charge in [0.2, 0.25) is 0 Å². The third-order valence-electron chi connectivity index (χ3n) is 8.13. The first-order valence-electron chi connectivity index (χ1n) is 12.3. The van der Waals surface area contributed by atoms with Crippen molar-refractivity contribution in [3.8, 4) is 0 Å². The lowest BCUT2D eigenvalue weighted by Gasteiger charge is -2.41. The molecule has 33 heavy (non-hydrogen) atoms. The molecule has 6 rings (SSSR count). The van der Waals surface area contributed by atoms with Gasteiger partial charge in [0.25, 0.3) is 11.8 Å². The summed E-state index contributed by atoms with van der Waals surface area (Å²) in [7, 11) is 0. The molecule has 4 aliphatic rings. The lowest BCUT2D eigenvalue weighted by atomic mass is 9.89. The maximum atomic E-state index is 13.4. The third-order valence-corrected chi connectivity index (χ3v) is 8.13. The molecular weight excluding hydrogens is 416 g/mol. The smallest absolute Gasteiger partial charge is 0.289 e. The molecule has 1 spiro atoms. The van der Waals surface area contributed by atoms with Gasteiger partial charge in [-0.05, 0) is 69.8 Å². The van der Waals surface area contributed by atoms with E-state index in [0.717, 1.165) is 49.5 Å². The average molecular weight is 449 g/mol. The fourth-order valence-electron chi connectivity index (χ4n) is 6.45. The van der Waals surface area contributed by atoms with Gasteiger partial charge in [0.05, 0.1) is 12.1 Å². The van der Waals surface area contributed by atoms with E-state index < -0.39 is 5.66 Å². The molecule has 2 aromatic rings. The molecule has 0 bridgehead atoms. The molecule has 2 N–H and O–H groups in total. The van der Waals surface area contributed by atoms with Crippen LogP contribution < -0.4 is 10.6 Å². The highest BCUT2D eigenvalue weighted by Gasteiger charge is 2.56. The number of nitrogens with one attached hydrogen (secondary N) is 2. The van der Waals surface area contributed by atoms with Crippen molar-refractivity contribution in [2.45, 2.75) is 51.2 Å². The van der Waals surface area contributed by atoms with Crippen molar-refractivity contribution in [1.29, 1.82) is 0 Å². The van der Waals surface area contributed by atoms with E-state index >= 15 is 0 Å². The highest BCUT2D eigenvalue weighted by atomic mass is 16.4. The normalized spacial score (nSPS) is 29.0. The molecule has 1 saturated carbocycles. The van der Waals surface area contributed by atoms with Gasteiger partial charge in [-0.2, -0.15) is 0 Å². The van der Waals surface area contributed by atoms with E-state index in [-0.39, 0.29) is 17.7 Å². The lowest BCUT2D eigenvalue weighted by molar-refractivity contribution is 0.0732. The number of anilines is 1. The van der Waals surface area contributed by atoms with E-state index in [1.807, 2.05) is 42.2 Å². The Balaban J connectivity index is 1.18. The van der Waals surface area contributed by atoms with Gasteiger partial charge >= 0.3 is 0 Å². The number of carbonyl (C=O) groups excluding carboxylic acids is 2. The molecule has 2 saturated heterocycles. The summed E-state index contributed by atoms with van der Waals surface area (Å²) in [5, 5.41) is 6.90. The Kier molecular flexibility index (Phi) is 4.98. The van der Waals surface area contributed by atoms with E-state index in [1.54, 1.807) is 0 Å². The summed E-state index contributed by atoms with van der Waals surface area (Å²) < 4.78 is 6.10. The minimum Gasteiger partial charge on any atom is -0.454 e. The molecule has 3 aliphatic heterocycles. The highest BCUT2D eigenvalue weighted by molar-refractivity contribution is 6.02. The number of piperidine rings is 1. The van der Waals surface area contributed by atoms with Crippen LogP contribution in [0.3, 0.4) is 0 Å². The third kappa shape index (κ3) is 3.53. The number of hydrogen-bond acceptors (Lipinski definition) is 5. The summed E-state index contributed by atoms with van der Waals surface area (Å²) in [6.07, 6.45) is 5.64. The standard InChI is InChI=1S/C26H32N4O3/c1-17-13-19(15-29-11-5-2-6-12-29)33-23(17)25(32)30-14-18-9-10-26(21(18)16-30)27-22-8-4-3-7-20(22)24(31)28-26/h3-4,7-8,13,18,21,27H,2,5-6,9-12,14-16H2,1H3,(H,28,31)/t18-,21+,26+/m1/s1. The first-order valence-corrected chi connectivity index (χ1v) is 12.3. The van der Waals surface area contributed by atoms with E-state index in [2.05, 4.69) is 15.5 Å². The number of para-hydroxylation sites is 1. The van der Waals surface area contributed by atoms with Crippen LogP contribution in [0.1, 0.15) is 64.3 Å². The monoisotopic (exact) mass is 448 g/mol. The maximum absolute atomic E-state index is 13.4. The fraction of sp³-hybridized carbons (Fsp3) is 0.538. The van der Waals surface area contributed by atoms with Crippen LogP contribution >= 0.6 is 0 Å². The van der Waals surface area contributed by atoms with Gasteiger partial charge < -0.3 is 20.0 Å². The first kappa shape index (κ1) is 20.8. The molecule has 0 radical (unpaired) electrons. The van der Waals surface area contributed by atoms with Gasteiger partial charge in [0.1, 0.15) is 11.4 Å². The van der Waals surface area contributed by atoms with E-state index in [4.69, 9.17) is 4.42 Å². The average Bonchev–Trinajstić information content (AvgIpc) is 3.49. The van der Waals surface area contributed by atoms with Crippen LogP contribution in [0, 0.1) is 18.8 Å². The van der Waals surface area contributed by atoms with Gasteiger partial charge in [-0.1, -0.05) is 18.6 Å². The highest BCUT2D eigenvalue weighted by Crippen LogP contribution is 2.47.